The Labute approximate surface area is 236 Å². The highest BCUT2D eigenvalue weighted by Crippen LogP contribution is 2.18. The van der Waals surface area contributed by atoms with Crippen LogP contribution >= 0.6 is 0 Å². The lowest BCUT2D eigenvalue weighted by Gasteiger charge is -2.13. The molecule has 4 heteroatoms. The van der Waals surface area contributed by atoms with Crippen LogP contribution in [-0.2, 0) is 14.3 Å². The van der Waals surface area contributed by atoms with Gasteiger partial charge in [0.15, 0.2) is 0 Å². The fourth-order valence-corrected chi connectivity index (χ4v) is 5.00. The van der Waals surface area contributed by atoms with E-state index < -0.39 is 17.9 Å². The van der Waals surface area contributed by atoms with Crippen molar-refractivity contribution in [1.29, 1.82) is 0 Å². The van der Waals surface area contributed by atoms with Gasteiger partial charge >= 0.3 is 11.9 Å². The molecule has 0 aliphatic rings. The van der Waals surface area contributed by atoms with Crippen LogP contribution in [0.4, 0.5) is 0 Å². The maximum absolute atomic E-state index is 12.0. The van der Waals surface area contributed by atoms with Gasteiger partial charge in [-0.25, -0.2) is 0 Å². The molecule has 0 spiro atoms. The second-order valence-corrected chi connectivity index (χ2v) is 11.1. The third kappa shape index (κ3) is 27.5. The molecule has 1 N–H and O–H groups in total. The summed E-state index contributed by atoms with van der Waals surface area (Å²) in [5.74, 6) is -1.91. The Morgan fingerprint density at radius 3 is 1.45 bits per heavy atom. The van der Waals surface area contributed by atoms with Crippen LogP contribution in [0.1, 0.15) is 167 Å². The Bertz CT molecular complexity index is 569. The summed E-state index contributed by atoms with van der Waals surface area (Å²) in [5, 5.41) is 9.02. The highest BCUT2D eigenvalue weighted by Gasteiger charge is 2.22. The molecule has 0 aromatic heterocycles. The van der Waals surface area contributed by atoms with Crippen molar-refractivity contribution in [3.8, 4) is 0 Å². The smallest absolute Gasteiger partial charge is 0.309 e. The van der Waals surface area contributed by atoms with E-state index in [1.807, 2.05) is 0 Å². The molecule has 0 radical (unpaired) electrons. The highest BCUT2D eigenvalue weighted by atomic mass is 16.5. The molecule has 222 valence electrons. The van der Waals surface area contributed by atoms with Gasteiger partial charge in [-0.05, 0) is 32.1 Å². The van der Waals surface area contributed by atoms with Crippen LogP contribution in [0.2, 0.25) is 0 Å². The fraction of sp³-hybridized carbons (Fsp3) is 0.824. The summed E-state index contributed by atoms with van der Waals surface area (Å²) in [6.07, 6.45) is 37.1. The normalized spacial score (nSPS) is 12.1. The lowest BCUT2D eigenvalue weighted by atomic mass is 9.97. The van der Waals surface area contributed by atoms with Crippen LogP contribution in [0.3, 0.4) is 0 Å². The molecule has 0 saturated carbocycles. The van der Waals surface area contributed by atoms with Crippen LogP contribution < -0.4 is 0 Å². The molecular weight excluding hydrogens is 472 g/mol. The number of carbonyl (C=O) groups is 2. The lowest BCUT2D eigenvalue weighted by Crippen LogP contribution is -2.21. The molecule has 0 rings (SSSR count). The molecule has 38 heavy (non-hydrogen) atoms. The van der Waals surface area contributed by atoms with E-state index in [9.17, 15) is 9.59 Å². The zero-order chi connectivity index (χ0) is 27.9. The van der Waals surface area contributed by atoms with Gasteiger partial charge in [-0.3, -0.25) is 9.59 Å². The van der Waals surface area contributed by atoms with Crippen molar-refractivity contribution in [1.82, 2.24) is 0 Å². The average Bonchev–Trinajstić information content (AvgIpc) is 2.90. The standard InChI is InChI=1S/C34H62O4/c1-3-5-6-7-8-9-10-11-12-13-14-15-16-17-18-19-20-21-22-23-24-25-26-27-28-29-32(31-33(35)36)34(37)38-30-4-2/h4,22-23,32H,2-3,5-21,24-31H2,1H3,(H,35,36)/b23-22+. The summed E-state index contributed by atoms with van der Waals surface area (Å²) in [6.45, 7) is 5.95. The number of allylic oxidation sites excluding steroid dienone is 2. The third-order valence-electron chi connectivity index (χ3n) is 7.41. The minimum Gasteiger partial charge on any atom is -0.481 e. The van der Waals surface area contributed by atoms with Gasteiger partial charge in [-0.15, -0.1) is 0 Å². The van der Waals surface area contributed by atoms with Gasteiger partial charge in [-0.1, -0.05) is 154 Å². The van der Waals surface area contributed by atoms with E-state index in [-0.39, 0.29) is 13.0 Å². The first-order valence-electron chi connectivity index (χ1n) is 16.3. The summed E-state index contributed by atoms with van der Waals surface area (Å²) in [5.41, 5.74) is 0. The SMILES string of the molecule is C=CCOC(=O)C(CCCCCC/C=C/CCCCCCCCCCCCCCCCCCC)CC(=O)O. The molecule has 1 unspecified atom stereocenters. The summed E-state index contributed by atoms with van der Waals surface area (Å²) in [4.78, 5) is 23.0. The van der Waals surface area contributed by atoms with Crippen LogP contribution in [0.25, 0.3) is 0 Å². The van der Waals surface area contributed by atoms with Gasteiger partial charge < -0.3 is 9.84 Å². The summed E-state index contributed by atoms with van der Waals surface area (Å²) in [7, 11) is 0. The van der Waals surface area contributed by atoms with Crippen LogP contribution in [-0.4, -0.2) is 23.7 Å². The zero-order valence-electron chi connectivity index (χ0n) is 25.1. The summed E-state index contributed by atoms with van der Waals surface area (Å²) in [6, 6.07) is 0. The number of rotatable bonds is 30. The molecule has 0 bridgehead atoms. The molecular formula is C34H62O4. The molecule has 4 nitrogen and oxygen atoms in total. The Morgan fingerprint density at radius 1 is 0.658 bits per heavy atom. The number of esters is 1. The molecule has 0 fully saturated rings. The first-order valence-corrected chi connectivity index (χ1v) is 16.3. The first kappa shape index (κ1) is 36.4. The van der Waals surface area contributed by atoms with Crippen LogP contribution in [0, 0.1) is 5.92 Å². The Morgan fingerprint density at radius 2 is 1.05 bits per heavy atom. The fourth-order valence-electron chi connectivity index (χ4n) is 5.00. The van der Waals surface area contributed by atoms with E-state index >= 15 is 0 Å². The maximum atomic E-state index is 12.0. The lowest BCUT2D eigenvalue weighted by molar-refractivity contribution is -0.152. The molecule has 0 amide bonds. The van der Waals surface area contributed by atoms with Crippen LogP contribution in [0.5, 0.6) is 0 Å². The Hall–Kier alpha value is -1.58. The number of carboxylic acid groups (broad SMARTS) is 1. The number of unbranched alkanes of at least 4 members (excludes halogenated alkanes) is 21. The predicted molar refractivity (Wildman–Crippen MR) is 163 cm³/mol. The number of carbonyl (C=O) groups excluding carboxylic acids is 1. The van der Waals surface area contributed by atoms with Crippen molar-refractivity contribution in [2.45, 2.75) is 167 Å². The van der Waals surface area contributed by atoms with Crippen molar-refractivity contribution < 1.29 is 19.4 Å². The molecule has 0 aliphatic heterocycles. The molecule has 1 atom stereocenters. The van der Waals surface area contributed by atoms with E-state index in [1.165, 1.54) is 122 Å². The summed E-state index contributed by atoms with van der Waals surface area (Å²) >= 11 is 0. The van der Waals surface area contributed by atoms with E-state index in [0.29, 0.717) is 6.42 Å². The van der Waals surface area contributed by atoms with Crippen molar-refractivity contribution in [2.75, 3.05) is 6.61 Å². The second kappa shape index (κ2) is 30.0. The molecule has 0 aromatic carbocycles. The molecule has 0 heterocycles. The number of hydrogen-bond acceptors (Lipinski definition) is 3. The number of ether oxygens (including phenoxy) is 1. The van der Waals surface area contributed by atoms with Crippen molar-refractivity contribution in [3.05, 3.63) is 24.8 Å². The van der Waals surface area contributed by atoms with Gasteiger partial charge in [0, 0.05) is 0 Å². The number of hydrogen-bond donors (Lipinski definition) is 1. The summed E-state index contributed by atoms with van der Waals surface area (Å²) < 4.78 is 5.03. The quantitative estimate of drug-likeness (QED) is 0.0565. The first-order chi connectivity index (χ1) is 18.6. The van der Waals surface area contributed by atoms with Crippen molar-refractivity contribution >= 4 is 11.9 Å². The number of carboxylic acids is 1. The van der Waals surface area contributed by atoms with Gasteiger partial charge in [0.25, 0.3) is 0 Å². The van der Waals surface area contributed by atoms with Crippen molar-refractivity contribution in [3.63, 3.8) is 0 Å². The molecule has 0 saturated heterocycles. The maximum Gasteiger partial charge on any atom is 0.309 e. The number of aliphatic carboxylic acids is 1. The third-order valence-corrected chi connectivity index (χ3v) is 7.41. The average molecular weight is 535 g/mol. The van der Waals surface area contributed by atoms with E-state index in [0.717, 1.165) is 32.1 Å². The predicted octanol–water partition coefficient (Wildman–Crippen LogP) is 10.7. The van der Waals surface area contributed by atoms with Crippen LogP contribution in [0.15, 0.2) is 24.8 Å². The Kier molecular flexibility index (Phi) is 28.7. The highest BCUT2D eigenvalue weighted by molar-refractivity contribution is 5.79. The largest absolute Gasteiger partial charge is 0.481 e. The van der Waals surface area contributed by atoms with E-state index in [1.54, 1.807) is 0 Å². The minimum atomic E-state index is -0.949. The Balaban J connectivity index is 3.39. The molecule has 0 aliphatic carbocycles. The van der Waals surface area contributed by atoms with Gasteiger partial charge in [0.2, 0.25) is 0 Å². The minimum absolute atomic E-state index is 0.140. The van der Waals surface area contributed by atoms with E-state index in [4.69, 9.17) is 9.84 Å². The topological polar surface area (TPSA) is 63.6 Å². The second-order valence-electron chi connectivity index (χ2n) is 11.1. The van der Waals surface area contributed by atoms with Gasteiger partial charge in [0.1, 0.15) is 6.61 Å². The van der Waals surface area contributed by atoms with Gasteiger partial charge in [0.05, 0.1) is 12.3 Å². The van der Waals surface area contributed by atoms with Crippen molar-refractivity contribution in [2.24, 2.45) is 5.92 Å². The van der Waals surface area contributed by atoms with Gasteiger partial charge in [-0.2, -0.15) is 0 Å². The monoisotopic (exact) mass is 534 g/mol. The zero-order valence-corrected chi connectivity index (χ0v) is 25.1. The van der Waals surface area contributed by atoms with E-state index in [2.05, 4.69) is 25.7 Å². The molecule has 0 aromatic rings.